The van der Waals surface area contributed by atoms with Gasteiger partial charge in [-0.3, -0.25) is 4.79 Å². The lowest BCUT2D eigenvalue weighted by molar-refractivity contribution is -0.146. The van der Waals surface area contributed by atoms with Crippen molar-refractivity contribution in [2.24, 2.45) is 0 Å². The van der Waals surface area contributed by atoms with Crippen molar-refractivity contribution in [2.45, 2.75) is 123 Å². The highest BCUT2D eigenvalue weighted by atomic mass is 16.5. The van der Waals surface area contributed by atoms with Crippen LogP contribution < -0.4 is 0 Å². The van der Waals surface area contributed by atoms with Gasteiger partial charge in [0.05, 0.1) is 0 Å². The van der Waals surface area contributed by atoms with Gasteiger partial charge in [0.1, 0.15) is 6.10 Å². The average Bonchev–Trinajstić information content (AvgIpc) is 2.50. The van der Waals surface area contributed by atoms with Gasteiger partial charge in [0.25, 0.3) is 0 Å². The zero-order valence-electron chi connectivity index (χ0n) is 15.5. The fourth-order valence-corrected chi connectivity index (χ4v) is 2.97. The van der Waals surface area contributed by atoms with E-state index in [9.17, 15) is 4.79 Å². The SMILES string of the molecule is CCCCCCCCCCCCCCC[C@H](CC)OC(C)=O. The molecule has 0 aliphatic heterocycles. The van der Waals surface area contributed by atoms with Gasteiger partial charge in [-0.15, -0.1) is 0 Å². The Bertz CT molecular complexity index is 238. The van der Waals surface area contributed by atoms with Gasteiger partial charge in [-0.2, -0.15) is 0 Å². The van der Waals surface area contributed by atoms with Crippen molar-refractivity contribution < 1.29 is 9.53 Å². The Morgan fingerprint density at radius 1 is 0.727 bits per heavy atom. The molecule has 1 atom stereocenters. The van der Waals surface area contributed by atoms with E-state index >= 15 is 0 Å². The summed E-state index contributed by atoms with van der Waals surface area (Å²) in [4.78, 5) is 10.9. The molecule has 0 rings (SSSR count). The molecule has 0 N–H and O–H groups in total. The number of unbranched alkanes of at least 4 members (excludes halogenated alkanes) is 12. The first-order valence-corrected chi connectivity index (χ1v) is 9.87. The summed E-state index contributed by atoms with van der Waals surface area (Å²) in [6.45, 7) is 5.88. The lowest BCUT2D eigenvalue weighted by atomic mass is 10.0. The molecule has 0 amide bonds. The number of carbonyl (C=O) groups excluding carboxylic acids is 1. The molecule has 2 nitrogen and oxygen atoms in total. The van der Waals surface area contributed by atoms with Crippen LogP contribution in [-0.4, -0.2) is 12.1 Å². The molecule has 22 heavy (non-hydrogen) atoms. The van der Waals surface area contributed by atoms with E-state index in [1.807, 2.05) is 0 Å². The molecule has 0 aromatic carbocycles. The number of rotatable bonds is 16. The number of carbonyl (C=O) groups is 1. The highest BCUT2D eigenvalue weighted by Crippen LogP contribution is 2.14. The predicted octanol–water partition coefficient (Wildman–Crippen LogP) is 6.81. The van der Waals surface area contributed by atoms with Gasteiger partial charge >= 0.3 is 5.97 Å². The van der Waals surface area contributed by atoms with Crippen molar-refractivity contribution in [3.63, 3.8) is 0 Å². The van der Waals surface area contributed by atoms with Gasteiger partial charge < -0.3 is 4.74 Å². The maximum atomic E-state index is 10.9. The second-order valence-electron chi connectivity index (χ2n) is 6.67. The smallest absolute Gasteiger partial charge is 0.302 e. The fourth-order valence-electron chi connectivity index (χ4n) is 2.97. The normalized spacial score (nSPS) is 12.3. The predicted molar refractivity (Wildman–Crippen MR) is 96.2 cm³/mol. The standard InChI is InChI=1S/C20H40O2/c1-4-6-7-8-9-10-11-12-13-14-15-16-17-18-20(5-2)22-19(3)21/h20H,4-18H2,1-3H3/t20-/m0/s1. The molecule has 2 heteroatoms. The first kappa shape index (κ1) is 21.5. The second kappa shape index (κ2) is 16.8. The van der Waals surface area contributed by atoms with Gasteiger partial charge in [-0.25, -0.2) is 0 Å². The monoisotopic (exact) mass is 312 g/mol. The van der Waals surface area contributed by atoms with Crippen molar-refractivity contribution in [1.29, 1.82) is 0 Å². The Labute approximate surface area is 139 Å². The van der Waals surface area contributed by atoms with E-state index < -0.39 is 0 Å². The summed E-state index contributed by atoms with van der Waals surface area (Å²) in [7, 11) is 0. The molecule has 0 saturated carbocycles. The molecular formula is C20H40O2. The van der Waals surface area contributed by atoms with E-state index in [0.29, 0.717) is 0 Å². The third-order valence-electron chi connectivity index (χ3n) is 4.42. The summed E-state index contributed by atoms with van der Waals surface area (Å²) < 4.78 is 5.27. The molecule has 0 bridgehead atoms. The highest BCUT2D eigenvalue weighted by Gasteiger charge is 2.08. The van der Waals surface area contributed by atoms with Gasteiger partial charge in [0, 0.05) is 6.92 Å². The van der Waals surface area contributed by atoms with Crippen LogP contribution in [0.2, 0.25) is 0 Å². The Morgan fingerprint density at radius 2 is 1.14 bits per heavy atom. The van der Waals surface area contributed by atoms with Crippen molar-refractivity contribution in [3.05, 3.63) is 0 Å². The molecule has 0 saturated heterocycles. The zero-order chi connectivity index (χ0) is 16.5. The summed E-state index contributed by atoms with van der Waals surface area (Å²) in [5, 5.41) is 0. The summed E-state index contributed by atoms with van der Waals surface area (Å²) in [5.41, 5.74) is 0. The van der Waals surface area contributed by atoms with Crippen molar-refractivity contribution in [2.75, 3.05) is 0 Å². The Hall–Kier alpha value is -0.530. The lowest BCUT2D eigenvalue weighted by Crippen LogP contribution is -2.14. The van der Waals surface area contributed by atoms with Crippen LogP contribution in [0.4, 0.5) is 0 Å². The molecule has 0 heterocycles. The first-order valence-electron chi connectivity index (χ1n) is 9.87. The molecule has 0 aromatic rings. The van der Waals surface area contributed by atoms with Gasteiger partial charge in [0.15, 0.2) is 0 Å². The Morgan fingerprint density at radius 3 is 1.50 bits per heavy atom. The molecule has 0 aliphatic rings. The molecule has 0 radical (unpaired) electrons. The van der Waals surface area contributed by atoms with E-state index in [4.69, 9.17) is 4.74 Å². The first-order chi connectivity index (χ1) is 10.7. The molecule has 0 aromatic heterocycles. The quantitative estimate of drug-likeness (QED) is 0.231. The van der Waals surface area contributed by atoms with E-state index in [2.05, 4.69) is 13.8 Å². The van der Waals surface area contributed by atoms with Crippen molar-refractivity contribution in [3.8, 4) is 0 Å². The summed E-state index contributed by atoms with van der Waals surface area (Å²) in [6, 6.07) is 0. The van der Waals surface area contributed by atoms with Crippen LogP contribution in [0.1, 0.15) is 117 Å². The van der Waals surface area contributed by atoms with E-state index in [0.717, 1.165) is 12.8 Å². The van der Waals surface area contributed by atoms with Gasteiger partial charge in [-0.1, -0.05) is 90.9 Å². The maximum absolute atomic E-state index is 10.9. The van der Waals surface area contributed by atoms with Gasteiger partial charge in [0.2, 0.25) is 0 Å². The number of ether oxygens (including phenoxy) is 1. The molecule has 0 aliphatic carbocycles. The third kappa shape index (κ3) is 15.9. The summed E-state index contributed by atoms with van der Waals surface area (Å²) >= 11 is 0. The third-order valence-corrected chi connectivity index (χ3v) is 4.42. The van der Waals surface area contributed by atoms with E-state index in [-0.39, 0.29) is 12.1 Å². The second-order valence-corrected chi connectivity index (χ2v) is 6.67. The minimum Gasteiger partial charge on any atom is -0.463 e. The number of hydrogen-bond acceptors (Lipinski definition) is 2. The zero-order valence-corrected chi connectivity index (χ0v) is 15.5. The van der Waals surface area contributed by atoms with Crippen LogP contribution in [0.25, 0.3) is 0 Å². The van der Waals surface area contributed by atoms with Crippen LogP contribution in [-0.2, 0) is 9.53 Å². The summed E-state index contributed by atoms with van der Waals surface area (Å²) in [6.07, 6.45) is 20.1. The van der Waals surface area contributed by atoms with E-state index in [1.54, 1.807) is 0 Å². The Kier molecular flexibility index (Phi) is 16.4. The average molecular weight is 313 g/mol. The van der Waals surface area contributed by atoms with Crippen LogP contribution in [0.5, 0.6) is 0 Å². The van der Waals surface area contributed by atoms with Crippen LogP contribution in [0.3, 0.4) is 0 Å². The van der Waals surface area contributed by atoms with Crippen LogP contribution in [0, 0.1) is 0 Å². The molecular weight excluding hydrogens is 272 g/mol. The fraction of sp³-hybridized carbons (Fsp3) is 0.950. The minimum absolute atomic E-state index is 0.137. The Balaban J connectivity index is 3.18. The van der Waals surface area contributed by atoms with Crippen LogP contribution >= 0.6 is 0 Å². The highest BCUT2D eigenvalue weighted by molar-refractivity contribution is 5.66. The van der Waals surface area contributed by atoms with Crippen LogP contribution in [0.15, 0.2) is 0 Å². The number of hydrogen-bond donors (Lipinski definition) is 0. The minimum atomic E-state index is -0.137. The maximum Gasteiger partial charge on any atom is 0.302 e. The summed E-state index contributed by atoms with van der Waals surface area (Å²) in [5.74, 6) is -0.137. The molecule has 0 unspecified atom stereocenters. The topological polar surface area (TPSA) is 26.3 Å². The van der Waals surface area contributed by atoms with E-state index in [1.165, 1.54) is 90.4 Å². The van der Waals surface area contributed by atoms with Gasteiger partial charge in [-0.05, 0) is 19.3 Å². The molecule has 0 fully saturated rings. The van der Waals surface area contributed by atoms with Crippen molar-refractivity contribution >= 4 is 5.97 Å². The molecule has 0 spiro atoms. The largest absolute Gasteiger partial charge is 0.463 e. The van der Waals surface area contributed by atoms with Crippen molar-refractivity contribution in [1.82, 2.24) is 0 Å². The molecule has 132 valence electrons. The lowest BCUT2D eigenvalue weighted by Gasteiger charge is -2.14. The number of esters is 1.